The molecule has 0 unspecified atom stereocenters. The summed E-state index contributed by atoms with van der Waals surface area (Å²) in [5.74, 6) is 1.26. The van der Waals surface area contributed by atoms with Gasteiger partial charge in [-0.25, -0.2) is 13.1 Å². The van der Waals surface area contributed by atoms with Crippen molar-refractivity contribution in [3.63, 3.8) is 0 Å². The molecule has 31 heavy (non-hydrogen) atoms. The van der Waals surface area contributed by atoms with E-state index in [-0.39, 0.29) is 23.8 Å². The van der Waals surface area contributed by atoms with Gasteiger partial charge in [-0.1, -0.05) is 24.3 Å². The molecule has 9 heteroatoms. The standard InChI is InChI=1S/C22H20N2O6S/c1-28-19-8-3-2-7-18(19)24-22(25)16-5-4-6-17(12-16)31(26,27)23-13-15-9-10-20-21(11-15)30-14-29-20/h2-12,23H,13-14H2,1H3,(H,24,25). The lowest BCUT2D eigenvalue weighted by molar-refractivity contribution is 0.102. The lowest BCUT2D eigenvalue weighted by Gasteiger charge is -2.11. The molecule has 0 radical (unpaired) electrons. The highest BCUT2D eigenvalue weighted by Gasteiger charge is 2.18. The Kier molecular flexibility index (Phi) is 5.79. The summed E-state index contributed by atoms with van der Waals surface area (Å²) in [5, 5.41) is 2.73. The molecule has 0 spiro atoms. The Morgan fingerprint density at radius 3 is 2.65 bits per heavy atom. The van der Waals surface area contributed by atoms with E-state index >= 15 is 0 Å². The highest BCUT2D eigenvalue weighted by Crippen LogP contribution is 2.32. The van der Waals surface area contributed by atoms with Crippen molar-refractivity contribution < 1.29 is 27.4 Å². The van der Waals surface area contributed by atoms with Crippen molar-refractivity contribution in [2.24, 2.45) is 0 Å². The Balaban J connectivity index is 1.48. The van der Waals surface area contributed by atoms with Gasteiger partial charge in [-0.3, -0.25) is 4.79 Å². The molecule has 0 saturated heterocycles. The van der Waals surface area contributed by atoms with E-state index < -0.39 is 15.9 Å². The van der Waals surface area contributed by atoms with Crippen molar-refractivity contribution in [3.05, 3.63) is 77.9 Å². The number of anilines is 1. The van der Waals surface area contributed by atoms with E-state index in [1.54, 1.807) is 48.5 Å². The first-order valence-electron chi connectivity index (χ1n) is 9.39. The van der Waals surface area contributed by atoms with E-state index in [2.05, 4.69) is 10.0 Å². The number of hydrogen-bond donors (Lipinski definition) is 2. The first-order valence-corrected chi connectivity index (χ1v) is 10.9. The van der Waals surface area contributed by atoms with Crippen LogP contribution in [0.4, 0.5) is 5.69 Å². The number of para-hydroxylation sites is 2. The van der Waals surface area contributed by atoms with Crippen LogP contribution >= 0.6 is 0 Å². The van der Waals surface area contributed by atoms with Crippen LogP contribution in [0.2, 0.25) is 0 Å². The normalized spacial score (nSPS) is 12.4. The highest BCUT2D eigenvalue weighted by molar-refractivity contribution is 7.89. The molecule has 1 aliphatic heterocycles. The van der Waals surface area contributed by atoms with E-state index in [1.165, 1.54) is 25.3 Å². The Hall–Kier alpha value is -3.56. The minimum absolute atomic E-state index is 0.0130. The van der Waals surface area contributed by atoms with Crippen LogP contribution in [0.1, 0.15) is 15.9 Å². The number of amides is 1. The summed E-state index contributed by atoms with van der Waals surface area (Å²) in [6.07, 6.45) is 0. The maximum absolute atomic E-state index is 12.8. The average molecular weight is 440 g/mol. The van der Waals surface area contributed by atoms with Gasteiger partial charge >= 0.3 is 0 Å². The number of carbonyl (C=O) groups is 1. The molecule has 0 fully saturated rings. The van der Waals surface area contributed by atoms with E-state index in [4.69, 9.17) is 14.2 Å². The summed E-state index contributed by atoms with van der Waals surface area (Å²) in [6.45, 7) is 0.213. The predicted octanol–water partition coefficient (Wildman–Crippen LogP) is 3.15. The largest absolute Gasteiger partial charge is 0.495 e. The first kappa shape index (κ1) is 20.7. The number of methoxy groups -OCH3 is 1. The van der Waals surface area contributed by atoms with Gasteiger partial charge < -0.3 is 19.5 Å². The fourth-order valence-corrected chi connectivity index (χ4v) is 4.12. The van der Waals surface area contributed by atoms with Gasteiger partial charge in [0.2, 0.25) is 16.8 Å². The number of benzene rings is 3. The molecule has 160 valence electrons. The Morgan fingerprint density at radius 2 is 1.81 bits per heavy atom. The van der Waals surface area contributed by atoms with E-state index in [1.807, 2.05) is 0 Å². The molecule has 8 nitrogen and oxygen atoms in total. The van der Waals surface area contributed by atoms with Crippen molar-refractivity contribution >= 4 is 21.6 Å². The van der Waals surface area contributed by atoms with Gasteiger partial charge in [0, 0.05) is 12.1 Å². The molecule has 0 aromatic heterocycles. The molecule has 0 bridgehead atoms. The second kappa shape index (κ2) is 8.66. The van der Waals surface area contributed by atoms with E-state index in [9.17, 15) is 13.2 Å². The van der Waals surface area contributed by atoms with Crippen molar-refractivity contribution in [3.8, 4) is 17.2 Å². The third-order valence-electron chi connectivity index (χ3n) is 4.66. The van der Waals surface area contributed by atoms with Crippen LogP contribution in [0, 0.1) is 0 Å². The quantitative estimate of drug-likeness (QED) is 0.585. The molecule has 4 rings (SSSR count). The van der Waals surface area contributed by atoms with Crippen molar-refractivity contribution in [2.75, 3.05) is 19.2 Å². The topological polar surface area (TPSA) is 103 Å². The molecule has 1 aliphatic rings. The van der Waals surface area contributed by atoms with Gasteiger partial charge in [0.1, 0.15) is 5.75 Å². The molecule has 0 atom stereocenters. The second-order valence-corrected chi connectivity index (χ2v) is 8.46. The van der Waals surface area contributed by atoms with Crippen LogP contribution in [-0.2, 0) is 16.6 Å². The maximum atomic E-state index is 12.8. The van der Waals surface area contributed by atoms with Crippen LogP contribution in [0.15, 0.2) is 71.6 Å². The number of hydrogen-bond acceptors (Lipinski definition) is 6. The SMILES string of the molecule is COc1ccccc1NC(=O)c1cccc(S(=O)(=O)NCc2ccc3c(c2)OCO3)c1. The molecule has 1 amide bonds. The summed E-state index contributed by atoms with van der Waals surface area (Å²) in [6, 6.07) is 18.0. The molecular weight excluding hydrogens is 420 g/mol. The molecule has 1 heterocycles. The summed E-state index contributed by atoms with van der Waals surface area (Å²) in [5.41, 5.74) is 1.42. The van der Waals surface area contributed by atoms with Crippen LogP contribution in [0.25, 0.3) is 0 Å². The number of ether oxygens (including phenoxy) is 3. The van der Waals surface area contributed by atoms with Crippen molar-refractivity contribution in [1.82, 2.24) is 4.72 Å². The Morgan fingerprint density at radius 1 is 1.00 bits per heavy atom. The fourth-order valence-electron chi connectivity index (χ4n) is 3.06. The monoisotopic (exact) mass is 440 g/mol. The molecule has 3 aromatic rings. The lowest BCUT2D eigenvalue weighted by Crippen LogP contribution is -2.23. The Bertz CT molecular complexity index is 1230. The predicted molar refractivity (Wildman–Crippen MR) is 114 cm³/mol. The van der Waals surface area contributed by atoms with E-state index in [0.29, 0.717) is 22.9 Å². The zero-order chi connectivity index (χ0) is 21.8. The number of rotatable bonds is 7. The van der Waals surface area contributed by atoms with Crippen LogP contribution < -0.4 is 24.2 Å². The molecule has 2 N–H and O–H groups in total. The summed E-state index contributed by atoms with van der Waals surface area (Å²) in [4.78, 5) is 12.6. The molecule has 3 aromatic carbocycles. The van der Waals surface area contributed by atoms with Crippen molar-refractivity contribution in [1.29, 1.82) is 0 Å². The van der Waals surface area contributed by atoms with Gasteiger partial charge in [0.05, 0.1) is 17.7 Å². The highest BCUT2D eigenvalue weighted by atomic mass is 32.2. The summed E-state index contributed by atoms with van der Waals surface area (Å²) < 4.78 is 43.8. The summed E-state index contributed by atoms with van der Waals surface area (Å²) >= 11 is 0. The minimum atomic E-state index is -3.84. The van der Waals surface area contributed by atoms with E-state index in [0.717, 1.165) is 5.56 Å². The number of sulfonamides is 1. The fraction of sp³-hybridized carbons (Fsp3) is 0.136. The van der Waals surface area contributed by atoms with Crippen LogP contribution in [0.5, 0.6) is 17.2 Å². The lowest BCUT2D eigenvalue weighted by atomic mass is 10.2. The number of fused-ring (bicyclic) bond motifs is 1. The minimum Gasteiger partial charge on any atom is -0.495 e. The zero-order valence-corrected chi connectivity index (χ0v) is 17.4. The van der Waals surface area contributed by atoms with Gasteiger partial charge in [-0.2, -0.15) is 0 Å². The Labute approximate surface area is 179 Å². The van der Waals surface area contributed by atoms with Gasteiger partial charge in [-0.15, -0.1) is 0 Å². The maximum Gasteiger partial charge on any atom is 0.255 e. The third-order valence-corrected chi connectivity index (χ3v) is 6.06. The van der Waals surface area contributed by atoms with Gasteiger partial charge in [0.15, 0.2) is 11.5 Å². The second-order valence-electron chi connectivity index (χ2n) is 6.69. The number of nitrogens with one attached hydrogen (secondary N) is 2. The molecule has 0 saturated carbocycles. The smallest absolute Gasteiger partial charge is 0.255 e. The van der Waals surface area contributed by atoms with Crippen LogP contribution in [0.3, 0.4) is 0 Å². The summed E-state index contributed by atoms with van der Waals surface area (Å²) in [7, 11) is -2.34. The van der Waals surface area contributed by atoms with Crippen molar-refractivity contribution in [2.45, 2.75) is 11.4 Å². The average Bonchev–Trinajstić information content (AvgIpc) is 3.26. The number of carbonyl (C=O) groups excluding carboxylic acids is 1. The van der Waals surface area contributed by atoms with Gasteiger partial charge in [-0.05, 0) is 48.0 Å². The van der Waals surface area contributed by atoms with Crippen LogP contribution in [-0.4, -0.2) is 28.2 Å². The van der Waals surface area contributed by atoms with Gasteiger partial charge in [0.25, 0.3) is 5.91 Å². The zero-order valence-electron chi connectivity index (χ0n) is 16.6. The molecule has 0 aliphatic carbocycles. The molecular formula is C22H20N2O6S. The first-order chi connectivity index (χ1) is 15.0. The third kappa shape index (κ3) is 4.62.